The summed E-state index contributed by atoms with van der Waals surface area (Å²) in [5.74, 6) is 0.747. The van der Waals surface area contributed by atoms with Gasteiger partial charge in [-0.05, 0) is 26.7 Å². The number of hydrogen-bond donors (Lipinski definition) is 1. The summed E-state index contributed by atoms with van der Waals surface area (Å²) in [6, 6.07) is 0. The molecule has 2 rings (SSSR count). The van der Waals surface area contributed by atoms with Crippen LogP contribution in [-0.2, 0) is 19.5 Å². The molecule has 1 aliphatic heterocycles. The number of rotatable bonds is 4. The van der Waals surface area contributed by atoms with Gasteiger partial charge >= 0.3 is 0 Å². The van der Waals surface area contributed by atoms with E-state index in [9.17, 15) is 0 Å². The highest BCUT2D eigenvalue weighted by atomic mass is 32.1. The number of thiazole rings is 1. The molecular formula is C15H27N3S. The smallest absolute Gasteiger partial charge is 0.107 e. The van der Waals surface area contributed by atoms with E-state index in [2.05, 4.69) is 44.8 Å². The van der Waals surface area contributed by atoms with E-state index in [4.69, 9.17) is 4.98 Å². The largest absolute Gasteiger partial charge is 0.306 e. The van der Waals surface area contributed by atoms with Crippen LogP contribution in [0.4, 0.5) is 0 Å². The molecule has 3 nitrogen and oxygen atoms in total. The van der Waals surface area contributed by atoms with Gasteiger partial charge in [0.15, 0.2) is 0 Å². The Morgan fingerprint density at radius 1 is 1.37 bits per heavy atom. The minimum absolute atomic E-state index is 0.163. The quantitative estimate of drug-likeness (QED) is 0.919. The molecule has 1 aromatic heterocycles. The first kappa shape index (κ1) is 14.9. The molecule has 108 valence electrons. The maximum absolute atomic E-state index is 4.80. The van der Waals surface area contributed by atoms with Crippen molar-refractivity contribution in [2.45, 2.75) is 59.7 Å². The molecule has 19 heavy (non-hydrogen) atoms. The van der Waals surface area contributed by atoms with E-state index in [1.165, 1.54) is 28.7 Å². The van der Waals surface area contributed by atoms with E-state index in [0.29, 0.717) is 0 Å². The zero-order valence-corrected chi connectivity index (χ0v) is 13.7. The Balaban J connectivity index is 1.96. The fourth-order valence-corrected chi connectivity index (χ4v) is 3.49. The van der Waals surface area contributed by atoms with Gasteiger partial charge in [0.2, 0.25) is 0 Å². The highest BCUT2D eigenvalue weighted by Gasteiger charge is 2.21. The van der Waals surface area contributed by atoms with Gasteiger partial charge in [0.1, 0.15) is 5.01 Å². The monoisotopic (exact) mass is 281 g/mol. The molecule has 0 amide bonds. The van der Waals surface area contributed by atoms with Crippen molar-refractivity contribution in [2.24, 2.45) is 5.92 Å². The molecule has 0 spiro atoms. The summed E-state index contributed by atoms with van der Waals surface area (Å²) in [7, 11) is 0. The Labute approximate surface area is 121 Å². The Kier molecular flexibility index (Phi) is 4.64. The highest BCUT2D eigenvalue weighted by molar-refractivity contribution is 7.11. The van der Waals surface area contributed by atoms with Crippen molar-refractivity contribution in [3.63, 3.8) is 0 Å². The molecule has 0 bridgehead atoms. The number of nitrogens with one attached hydrogen (secondary N) is 1. The second kappa shape index (κ2) is 5.90. The number of hydrogen-bond acceptors (Lipinski definition) is 4. The van der Waals surface area contributed by atoms with Crippen LogP contribution in [0.15, 0.2) is 0 Å². The van der Waals surface area contributed by atoms with Crippen LogP contribution in [0.1, 0.15) is 50.2 Å². The van der Waals surface area contributed by atoms with Crippen LogP contribution < -0.4 is 5.32 Å². The maximum atomic E-state index is 4.80. The second-order valence-corrected chi connectivity index (χ2v) is 8.13. The van der Waals surface area contributed by atoms with Gasteiger partial charge in [-0.1, -0.05) is 13.8 Å². The van der Waals surface area contributed by atoms with E-state index < -0.39 is 0 Å². The van der Waals surface area contributed by atoms with Gasteiger partial charge in [0.25, 0.3) is 0 Å². The first-order valence-corrected chi connectivity index (χ1v) is 8.10. The fourth-order valence-electron chi connectivity index (χ4n) is 2.39. The van der Waals surface area contributed by atoms with Crippen LogP contribution in [0.3, 0.4) is 0 Å². The Hall–Kier alpha value is -0.450. The lowest BCUT2D eigenvalue weighted by Crippen LogP contribution is -2.35. The molecule has 0 saturated heterocycles. The van der Waals surface area contributed by atoms with Crippen LogP contribution in [0.2, 0.25) is 0 Å². The summed E-state index contributed by atoms with van der Waals surface area (Å²) in [6.07, 6.45) is 1.12. The summed E-state index contributed by atoms with van der Waals surface area (Å²) < 4.78 is 0. The lowest BCUT2D eigenvalue weighted by atomic mass is 10.1. The van der Waals surface area contributed by atoms with Crippen molar-refractivity contribution >= 4 is 11.3 Å². The zero-order chi connectivity index (χ0) is 14.0. The van der Waals surface area contributed by atoms with Crippen molar-refractivity contribution in [3.8, 4) is 0 Å². The Morgan fingerprint density at radius 3 is 2.74 bits per heavy atom. The predicted molar refractivity (Wildman–Crippen MR) is 82.5 cm³/mol. The molecule has 0 fully saturated rings. The normalized spacial score (nSPS) is 16.9. The maximum Gasteiger partial charge on any atom is 0.107 e. The van der Waals surface area contributed by atoms with Gasteiger partial charge in [-0.15, -0.1) is 11.3 Å². The van der Waals surface area contributed by atoms with Crippen molar-refractivity contribution in [2.75, 3.05) is 13.1 Å². The molecule has 0 unspecified atom stereocenters. The summed E-state index contributed by atoms with van der Waals surface area (Å²) in [6.45, 7) is 15.5. The molecule has 4 heteroatoms. The first-order chi connectivity index (χ1) is 8.83. The lowest BCUT2D eigenvalue weighted by molar-refractivity contribution is 0.228. The van der Waals surface area contributed by atoms with Crippen LogP contribution in [0.5, 0.6) is 0 Å². The standard InChI is InChI=1S/C15H27N3S/c1-11(2)9-18-7-6-12-13(10-18)19-14(17-12)8-16-15(3,4)5/h11,16H,6-10H2,1-5H3. The van der Waals surface area contributed by atoms with Gasteiger partial charge in [-0.3, -0.25) is 4.90 Å². The number of nitrogens with zero attached hydrogens (tertiary/aromatic N) is 2. The molecule has 0 saturated carbocycles. The Bertz CT molecular complexity index is 418. The minimum Gasteiger partial charge on any atom is -0.306 e. The molecule has 0 aliphatic carbocycles. The van der Waals surface area contributed by atoms with Crippen LogP contribution in [0.25, 0.3) is 0 Å². The van der Waals surface area contributed by atoms with E-state index >= 15 is 0 Å². The topological polar surface area (TPSA) is 28.2 Å². The summed E-state index contributed by atoms with van der Waals surface area (Å²) in [5, 5.41) is 4.77. The first-order valence-electron chi connectivity index (χ1n) is 7.28. The molecule has 1 aliphatic rings. The van der Waals surface area contributed by atoms with Gasteiger partial charge in [-0.2, -0.15) is 0 Å². The molecule has 0 aromatic carbocycles. The number of fused-ring (bicyclic) bond motifs is 1. The van der Waals surface area contributed by atoms with Crippen molar-refractivity contribution in [1.29, 1.82) is 0 Å². The molecule has 1 aromatic rings. The lowest BCUT2D eigenvalue weighted by Gasteiger charge is -2.27. The average Bonchev–Trinajstić information content (AvgIpc) is 2.66. The van der Waals surface area contributed by atoms with Crippen molar-refractivity contribution in [1.82, 2.24) is 15.2 Å². The summed E-state index contributed by atoms with van der Waals surface area (Å²) >= 11 is 1.89. The minimum atomic E-state index is 0.163. The zero-order valence-electron chi connectivity index (χ0n) is 12.9. The second-order valence-electron chi connectivity index (χ2n) is 6.96. The molecule has 1 N–H and O–H groups in total. The van der Waals surface area contributed by atoms with Crippen molar-refractivity contribution < 1.29 is 0 Å². The van der Waals surface area contributed by atoms with Gasteiger partial charge < -0.3 is 5.32 Å². The van der Waals surface area contributed by atoms with Gasteiger partial charge in [0.05, 0.1) is 5.69 Å². The van der Waals surface area contributed by atoms with Crippen molar-refractivity contribution in [3.05, 3.63) is 15.6 Å². The van der Waals surface area contributed by atoms with E-state index in [1.807, 2.05) is 11.3 Å². The molecular weight excluding hydrogens is 254 g/mol. The SMILES string of the molecule is CC(C)CN1CCc2nc(CNC(C)(C)C)sc2C1. The van der Waals surface area contributed by atoms with Crippen LogP contribution in [-0.4, -0.2) is 28.5 Å². The summed E-state index contributed by atoms with van der Waals surface area (Å²) in [4.78, 5) is 8.84. The number of aromatic nitrogens is 1. The van der Waals surface area contributed by atoms with Gasteiger partial charge in [-0.25, -0.2) is 4.98 Å². The van der Waals surface area contributed by atoms with Gasteiger partial charge in [0, 0.05) is 43.0 Å². The average molecular weight is 281 g/mol. The third-order valence-electron chi connectivity index (χ3n) is 3.25. The highest BCUT2D eigenvalue weighted by Crippen LogP contribution is 2.25. The molecule has 2 heterocycles. The molecule has 0 atom stereocenters. The van der Waals surface area contributed by atoms with E-state index in [0.717, 1.165) is 25.4 Å². The van der Waals surface area contributed by atoms with E-state index in [1.54, 1.807) is 0 Å². The fraction of sp³-hybridized carbons (Fsp3) is 0.800. The van der Waals surface area contributed by atoms with Crippen LogP contribution >= 0.6 is 11.3 Å². The molecule has 0 radical (unpaired) electrons. The third-order valence-corrected chi connectivity index (χ3v) is 4.33. The van der Waals surface area contributed by atoms with Crippen LogP contribution in [0, 0.1) is 5.92 Å². The predicted octanol–water partition coefficient (Wildman–Crippen LogP) is 3.05. The summed E-state index contributed by atoms with van der Waals surface area (Å²) in [5.41, 5.74) is 1.51. The Morgan fingerprint density at radius 2 is 2.11 bits per heavy atom. The van der Waals surface area contributed by atoms with E-state index in [-0.39, 0.29) is 5.54 Å². The third kappa shape index (κ3) is 4.55.